The summed E-state index contributed by atoms with van der Waals surface area (Å²) in [4.78, 5) is 2.72. The number of likely N-dealkylation sites (N-methyl/N-ethyl adjacent to an activating group) is 1. The Kier molecular flexibility index (Phi) is 5.83. The van der Waals surface area contributed by atoms with E-state index < -0.39 is 0 Å². The monoisotopic (exact) mass is 288 g/mol. The third-order valence-corrected chi connectivity index (χ3v) is 4.57. The molecule has 1 atom stereocenters. The van der Waals surface area contributed by atoms with Crippen molar-refractivity contribution in [2.75, 3.05) is 13.1 Å². The first-order valence-corrected chi connectivity index (χ1v) is 8.57. The van der Waals surface area contributed by atoms with E-state index in [0.717, 1.165) is 19.1 Å². The average Bonchev–Trinajstić information content (AvgIpc) is 2.97. The second-order valence-corrected chi connectivity index (χ2v) is 7.33. The number of nitrogens with one attached hydrogen (secondary N) is 1. The molecule has 21 heavy (non-hydrogen) atoms. The Labute approximate surface area is 130 Å². The van der Waals surface area contributed by atoms with E-state index in [0.29, 0.717) is 6.04 Å². The first-order valence-electron chi connectivity index (χ1n) is 8.57. The van der Waals surface area contributed by atoms with Crippen molar-refractivity contribution in [3.63, 3.8) is 0 Å². The van der Waals surface area contributed by atoms with E-state index in [1.807, 2.05) is 0 Å². The van der Waals surface area contributed by atoms with Crippen LogP contribution in [-0.2, 0) is 0 Å². The van der Waals surface area contributed by atoms with Crippen LogP contribution >= 0.6 is 0 Å². The molecule has 0 aromatic heterocycles. The minimum absolute atomic E-state index is 0.169. The van der Waals surface area contributed by atoms with Crippen molar-refractivity contribution in [1.29, 1.82) is 0 Å². The van der Waals surface area contributed by atoms with Crippen LogP contribution in [0.15, 0.2) is 30.3 Å². The molecule has 1 fully saturated rings. The largest absolute Gasteiger partial charge is 0.310 e. The number of rotatable bonds is 6. The summed E-state index contributed by atoms with van der Waals surface area (Å²) < 4.78 is 0. The molecule has 2 heteroatoms. The summed E-state index contributed by atoms with van der Waals surface area (Å²) in [7, 11) is 0. The predicted octanol–water partition coefficient (Wildman–Crippen LogP) is 4.38. The second-order valence-electron chi connectivity index (χ2n) is 7.33. The molecule has 1 aromatic carbocycles. The van der Waals surface area contributed by atoms with E-state index in [-0.39, 0.29) is 5.54 Å². The highest BCUT2D eigenvalue weighted by atomic mass is 15.2. The molecule has 1 aromatic rings. The number of hydrogen-bond donors (Lipinski definition) is 1. The van der Waals surface area contributed by atoms with Crippen LogP contribution in [0, 0.1) is 0 Å². The van der Waals surface area contributed by atoms with Crippen LogP contribution in [0.25, 0.3) is 0 Å². The van der Waals surface area contributed by atoms with Crippen LogP contribution in [0.3, 0.4) is 0 Å². The average molecular weight is 288 g/mol. The lowest BCUT2D eigenvalue weighted by molar-refractivity contribution is 0.134. The lowest BCUT2D eigenvalue weighted by Gasteiger charge is -2.38. The molecule has 0 spiro atoms. The zero-order valence-electron chi connectivity index (χ0n) is 14.2. The van der Waals surface area contributed by atoms with Gasteiger partial charge in [0, 0.05) is 24.2 Å². The minimum Gasteiger partial charge on any atom is -0.310 e. The molecular weight excluding hydrogens is 256 g/mol. The molecule has 1 aliphatic rings. The Balaban J connectivity index is 2.17. The zero-order valence-corrected chi connectivity index (χ0v) is 14.2. The van der Waals surface area contributed by atoms with Crippen LogP contribution in [0.4, 0.5) is 0 Å². The summed E-state index contributed by atoms with van der Waals surface area (Å²) in [5, 5.41) is 3.72. The lowest BCUT2D eigenvalue weighted by Crippen LogP contribution is -2.46. The third-order valence-electron chi connectivity index (χ3n) is 4.57. The quantitative estimate of drug-likeness (QED) is 0.835. The number of hydrogen-bond acceptors (Lipinski definition) is 2. The maximum Gasteiger partial charge on any atom is 0.0475 e. The van der Waals surface area contributed by atoms with Crippen LogP contribution in [0.1, 0.15) is 65.0 Å². The predicted molar refractivity (Wildman–Crippen MR) is 91.6 cm³/mol. The van der Waals surface area contributed by atoms with Gasteiger partial charge >= 0.3 is 0 Å². The van der Waals surface area contributed by atoms with Gasteiger partial charge in [-0.3, -0.25) is 4.90 Å². The maximum absolute atomic E-state index is 3.72. The Morgan fingerprint density at radius 1 is 1.14 bits per heavy atom. The molecule has 1 aliphatic carbocycles. The van der Waals surface area contributed by atoms with Crippen LogP contribution < -0.4 is 5.32 Å². The van der Waals surface area contributed by atoms with Crippen molar-refractivity contribution in [2.45, 2.75) is 71.0 Å². The molecule has 1 unspecified atom stereocenters. The van der Waals surface area contributed by atoms with Crippen LogP contribution in [0.5, 0.6) is 0 Å². The van der Waals surface area contributed by atoms with Crippen molar-refractivity contribution in [3.05, 3.63) is 35.9 Å². The summed E-state index contributed by atoms with van der Waals surface area (Å²) in [6, 6.07) is 12.3. The lowest BCUT2D eigenvalue weighted by atomic mass is 10.0. The smallest absolute Gasteiger partial charge is 0.0475 e. The molecular formula is C19H32N2. The van der Waals surface area contributed by atoms with Gasteiger partial charge in [-0.1, -0.05) is 50.1 Å². The van der Waals surface area contributed by atoms with Crippen molar-refractivity contribution in [2.24, 2.45) is 0 Å². The standard InChI is InChI=1S/C19H32N2/c1-5-21(17-13-9-10-14-17)18(15-20-19(2,3)4)16-11-7-6-8-12-16/h6-8,11-12,17-18,20H,5,9-10,13-15H2,1-4H3. The van der Waals surface area contributed by atoms with Gasteiger partial charge in [-0.2, -0.15) is 0 Å². The van der Waals surface area contributed by atoms with Gasteiger partial charge in [0.2, 0.25) is 0 Å². The second kappa shape index (κ2) is 7.42. The molecule has 0 radical (unpaired) electrons. The molecule has 2 rings (SSSR count). The van der Waals surface area contributed by atoms with Crippen molar-refractivity contribution < 1.29 is 0 Å². The highest BCUT2D eigenvalue weighted by Crippen LogP contribution is 2.31. The fourth-order valence-electron chi connectivity index (χ4n) is 3.47. The summed E-state index contributed by atoms with van der Waals surface area (Å²) in [5.74, 6) is 0. The van der Waals surface area contributed by atoms with Crippen molar-refractivity contribution >= 4 is 0 Å². The van der Waals surface area contributed by atoms with E-state index in [1.54, 1.807) is 0 Å². The zero-order chi connectivity index (χ0) is 15.3. The van der Waals surface area contributed by atoms with E-state index in [9.17, 15) is 0 Å². The molecule has 1 N–H and O–H groups in total. The van der Waals surface area contributed by atoms with Gasteiger partial charge in [-0.15, -0.1) is 0 Å². The van der Waals surface area contributed by atoms with E-state index in [1.165, 1.54) is 31.2 Å². The molecule has 0 heterocycles. The first-order chi connectivity index (χ1) is 10.0. The Bertz CT molecular complexity index is 401. The molecule has 118 valence electrons. The van der Waals surface area contributed by atoms with Crippen molar-refractivity contribution in [1.82, 2.24) is 10.2 Å². The number of benzene rings is 1. The SMILES string of the molecule is CCN(C1CCCC1)C(CNC(C)(C)C)c1ccccc1. The maximum atomic E-state index is 3.72. The first kappa shape index (κ1) is 16.5. The van der Waals surface area contributed by atoms with Crippen LogP contribution in [-0.4, -0.2) is 29.6 Å². The molecule has 0 saturated heterocycles. The molecule has 1 saturated carbocycles. The van der Waals surface area contributed by atoms with E-state index in [4.69, 9.17) is 0 Å². The van der Waals surface area contributed by atoms with Gasteiger partial charge in [0.05, 0.1) is 0 Å². The molecule has 0 amide bonds. The van der Waals surface area contributed by atoms with Gasteiger partial charge in [0.25, 0.3) is 0 Å². The molecule has 0 aliphatic heterocycles. The van der Waals surface area contributed by atoms with Gasteiger partial charge in [-0.05, 0) is 45.7 Å². The molecule has 2 nitrogen and oxygen atoms in total. The third kappa shape index (κ3) is 4.82. The van der Waals surface area contributed by atoms with E-state index >= 15 is 0 Å². The normalized spacial score (nSPS) is 18.3. The van der Waals surface area contributed by atoms with E-state index in [2.05, 4.69) is 68.2 Å². The highest BCUT2D eigenvalue weighted by molar-refractivity contribution is 5.20. The Hall–Kier alpha value is -0.860. The fourth-order valence-corrected chi connectivity index (χ4v) is 3.47. The fraction of sp³-hybridized carbons (Fsp3) is 0.684. The summed E-state index contributed by atoms with van der Waals surface area (Å²) in [6.07, 6.45) is 5.53. The van der Waals surface area contributed by atoms with Crippen LogP contribution in [0.2, 0.25) is 0 Å². The Morgan fingerprint density at radius 3 is 2.29 bits per heavy atom. The van der Waals surface area contributed by atoms with Gasteiger partial charge in [0.15, 0.2) is 0 Å². The summed E-state index contributed by atoms with van der Waals surface area (Å²) in [5.41, 5.74) is 1.62. The Morgan fingerprint density at radius 2 is 1.76 bits per heavy atom. The number of nitrogens with zero attached hydrogens (tertiary/aromatic N) is 1. The topological polar surface area (TPSA) is 15.3 Å². The van der Waals surface area contributed by atoms with Crippen molar-refractivity contribution in [3.8, 4) is 0 Å². The van der Waals surface area contributed by atoms with Gasteiger partial charge < -0.3 is 5.32 Å². The van der Waals surface area contributed by atoms with Gasteiger partial charge in [0.1, 0.15) is 0 Å². The molecule has 0 bridgehead atoms. The highest BCUT2D eigenvalue weighted by Gasteiger charge is 2.29. The summed E-state index contributed by atoms with van der Waals surface area (Å²) >= 11 is 0. The summed E-state index contributed by atoms with van der Waals surface area (Å²) in [6.45, 7) is 11.2. The minimum atomic E-state index is 0.169. The van der Waals surface area contributed by atoms with Gasteiger partial charge in [-0.25, -0.2) is 0 Å².